The molecule has 0 radical (unpaired) electrons. The van der Waals surface area contributed by atoms with Crippen LogP contribution in [0.5, 0.6) is 0 Å². The number of hydrogen-bond acceptors (Lipinski definition) is 6. The summed E-state index contributed by atoms with van der Waals surface area (Å²) in [4.78, 5) is 12.8. The summed E-state index contributed by atoms with van der Waals surface area (Å²) in [5, 5.41) is 0. The van der Waals surface area contributed by atoms with E-state index in [1.807, 2.05) is 6.07 Å². The molecule has 1 fully saturated rings. The van der Waals surface area contributed by atoms with E-state index in [2.05, 4.69) is 44.0 Å². The third kappa shape index (κ3) is 3.41. The van der Waals surface area contributed by atoms with Crippen molar-refractivity contribution in [2.24, 2.45) is 0 Å². The van der Waals surface area contributed by atoms with E-state index in [0.29, 0.717) is 5.82 Å². The zero-order valence-electron chi connectivity index (χ0n) is 11.9. The Balaban J connectivity index is 1.60. The van der Waals surface area contributed by atoms with Crippen LogP contribution < -0.4 is 16.4 Å². The number of piperazine rings is 1. The molecule has 0 bridgehead atoms. The zero-order chi connectivity index (χ0) is 14.7. The number of nitrogens with zero attached hydrogens (tertiary/aromatic N) is 4. The number of nitrogens with two attached hydrogens (primary N) is 2. The lowest BCUT2D eigenvalue weighted by Crippen LogP contribution is -2.46. The molecule has 2 heterocycles. The Kier molecular flexibility index (Phi) is 3.87. The molecular formula is C15H20N6. The van der Waals surface area contributed by atoms with E-state index in [4.69, 9.17) is 11.5 Å². The zero-order valence-corrected chi connectivity index (χ0v) is 11.9. The van der Waals surface area contributed by atoms with Gasteiger partial charge in [-0.2, -0.15) is 9.97 Å². The molecule has 0 aliphatic carbocycles. The van der Waals surface area contributed by atoms with Crippen LogP contribution in [0.4, 0.5) is 17.6 Å². The Labute approximate surface area is 124 Å². The quantitative estimate of drug-likeness (QED) is 0.873. The Morgan fingerprint density at radius 3 is 2.33 bits per heavy atom. The van der Waals surface area contributed by atoms with Crippen LogP contribution in [0, 0.1) is 0 Å². The van der Waals surface area contributed by atoms with Crippen LogP contribution in [0.1, 0.15) is 5.56 Å². The van der Waals surface area contributed by atoms with Crippen molar-refractivity contribution in [2.75, 3.05) is 42.5 Å². The molecule has 0 spiro atoms. The molecule has 0 saturated carbocycles. The van der Waals surface area contributed by atoms with E-state index in [1.165, 1.54) is 5.56 Å². The summed E-state index contributed by atoms with van der Waals surface area (Å²) in [5.74, 6) is 1.47. The summed E-state index contributed by atoms with van der Waals surface area (Å²) < 4.78 is 0. The fourth-order valence-electron chi connectivity index (χ4n) is 2.61. The number of aromatic nitrogens is 2. The summed E-state index contributed by atoms with van der Waals surface area (Å²) in [6, 6.07) is 12.3. The minimum Gasteiger partial charge on any atom is -0.383 e. The predicted molar refractivity (Wildman–Crippen MR) is 84.8 cm³/mol. The lowest BCUT2D eigenvalue weighted by Gasteiger charge is -2.35. The number of anilines is 3. The standard InChI is InChI=1S/C15H20N6/c16-13-10-14(19-15(17)18-13)21-8-6-20(7-9-21)11-12-4-2-1-3-5-12/h1-5,10H,6-9,11H2,(H4,16,17,18,19). The van der Waals surface area contributed by atoms with Crippen molar-refractivity contribution in [3.05, 3.63) is 42.0 Å². The normalized spacial score (nSPS) is 16.1. The van der Waals surface area contributed by atoms with Crippen LogP contribution in [0.3, 0.4) is 0 Å². The molecule has 21 heavy (non-hydrogen) atoms. The number of rotatable bonds is 3. The first-order chi connectivity index (χ1) is 10.2. The molecule has 0 atom stereocenters. The molecule has 3 rings (SSSR count). The second-order valence-electron chi connectivity index (χ2n) is 5.26. The molecule has 6 nitrogen and oxygen atoms in total. The Morgan fingerprint density at radius 2 is 1.67 bits per heavy atom. The first-order valence-electron chi connectivity index (χ1n) is 7.12. The monoisotopic (exact) mass is 284 g/mol. The molecule has 1 aromatic carbocycles. The van der Waals surface area contributed by atoms with Crippen LogP contribution in [-0.4, -0.2) is 41.0 Å². The Hall–Kier alpha value is -2.34. The van der Waals surface area contributed by atoms with Gasteiger partial charge >= 0.3 is 0 Å². The molecule has 4 N–H and O–H groups in total. The van der Waals surface area contributed by atoms with Gasteiger partial charge in [0.2, 0.25) is 5.95 Å². The van der Waals surface area contributed by atoms with Gasteiger partial charge in [0.25, 0.3) is 0 Å². The van der Waals surface area contributed by atoms with Crippen LogP contribution in [0.2, 0.25) is 0 Å². The molecule has 1 aliphatic heterocycles. The van der Waals surface area contributed by atoms with Crippen molar-refractivity contribution in [2.45, 2.75) is 6.54 Å². The Morgan fingerprint density at radius 1 is 0.952 bits per heavy atom. The van der Waals surface area contributed by atoms with Gasteiger partial charge in [-0.15, -0.1) is 0 Å². The molecule has 2 aromatic rings. The highest BCUT2D eigenvalue weighted by Crippen LogP contribution is 2.17. The van der Waals surface area contributed by atoms with Crippen molar-refractivity contribution in [3.8, 4) is 0 Å². The second-order valence-corrected chi connectivity index (χ2v) is 5.26. The van der Waals surface area contributed by atoms with Gasteiger partial charge in [0.1, 0.15) is 11.6 Å². The van der Waals surface area contributed by atoms with Crippen molar-refractivity contribution in [3.63, 3.8) is 0 Å². The first kappa shape index (κ1) is 13.6. The number of benzene rings is 1. The van der Waals surface area contributed by atoms with Gasteiger partial charge in [0, 0.05) is 38.8 Å². The summed E-state index contributed by atoms with van der Waals surface area (Å²) in [6.07, 6.45) is 0. The van der Waals surface area contributed by atoms with E-state index < -0.39 is 0 Å². The highest BCUT2D eigenvalue weighted by Gasteiger charge is 2.18. The van der Waals surface area contributed by atoms with Crippen molar-refractivity contribution in [1.82, 2.24) is 14.9 Å². The Bertz CT molecular complexity index is 572. The third-order valence-corrected chi connectivity index (χ3v) is 3.70. The van der Waals surface area contributed by atoms with Crippen molar-refractivity contribution < 1.29 is 0 Å². The number of nitrogen functional groups attached to an aromatic ring is 2. The average Bonchev–Trinajstić information content (AvgIpc) is 2.48. The maximum atomic E-state index is 5.73. The van der Waals surface area contributed by atoms with Gasteiger partial charge in [-0.1, -0.05) is 30.3 Å². The maximum absolute atomic E-state index is 5.73. The molecule has 0 unspecified atom stereocenters. The fourth-order valence-corrected chi connectivity index (χ4v) is 2.61. The lowest BCUT2D eigenvalue weighted by atomic mass is 10.2. The van der Waals surface area contributed by atoms with Gasteiger partial charge in [0.05, 0.1) is 0 Å². The highest BCUT2D eigenvalue weighted by molar-refractivity contribution is 5.50. The van der Waals surface area contributed by atoms with E-state index in [0.717, 1.165) is 38.5 Å². The van der Waals surface area contributed by atoms with Crippen molar-refractivity contribution >= 4 is 17.6 Å². The van der Waals surface area contributed by atoms with Gasteiger partial charge in [-0.3, -0.25) is 4.90 Å². The predicted octanol–water partition coefficient (Wildman–Crippen LogP) is 0.963. The summed E-state index contributed by atoms with van der Waals surface area (Å²) in [5.41, 5.74) is 12.7. The van der Waals surface area contributed by atoms with Crippen LogP contribution in [0.15, 0.2) is 36.4 Å². The minimum absolute atomic E-state index is 0.233. The second kappa shape index (κ2) is 5.97. The van der Waals surface area contributed by atoms with Crippen LogP contribution in [-0.2, 0) is 6.54 Å². The molecule has 1 aliphatic rings. The van der Waals surface area contributed by atoms with E-state index >= 15 is 0 Å². The van der Waals surface area contributed by atoms with Gasteiger partial charge < -0.3 is 16.4 Å². The largest absolute Gasteiger partial charge is 0.383 e. The summed E-state index contributed by atoms with van der Waals surface area (Å²) in [6.45, 7) is 4.82. The molecule has 0 amide bonds. The van der Waals surface area contributed by atoms with E-state index in [9.17, 15) is 0 Å². The molecule has 110 valence electrons. The van der Waals surface area contributed by atoms with Gasteiger partial charge in [-0.05, 0) is 5.56 Å². The minimum atomic E-state index is 0.233. The highest BCUT2D eigenvalue weighted by atomic mass is 15.3. The average molecular weight is 284 g/mol. The SMILES string of the molecule is Nc1cc(N2CCN(Cc3ccccc3)CC2)nc(N)n1. The number of hydrogen-bond donors (Lipinski definition) is 2. The van der Waals surface area contributed by atoms with Gasteiger partial charge in [0.15, 0.2) is 0 Å². The van der Waals surface area contributed by atoms with Crippen molar-refractivity contribution in [1.29, 1.82) is 0 Å². The fraction of sp³-hybridized carbons (Fsp3) is 0.333. The summed E-state index contributed by atoms with van der Waals surface area (Å²) >= 11 is 0. The van der Waals surface area contributed by atoms with Crippen LogP contribution >= 0.6 is 0 Å². The molecular weight excluding hydrogens is 264 g/mol. The molecule has 1 aromatic heterocycles. The third-order valence-electron chi connectivity index (χ3n) is 3.70. The van der Waals surface area contributed by atoms with Crippen LogP contribution in [0.25, 0.3) is 0 Å². The maximum Gasteiger partial charge on any atom is 0.223 e. The smallest absolute Gasteiger partial charge is 0.223 e. The van der Waals surface area contributed by atoms with E-state index in [-0.39, 0.29) is 5.95 Å². The first-order valence-corrected chi connectivity index (χ1v) is 7.12. The molecule has 1 saturated heterocycles. The summed E-state index contributed by atoms with van der Waals surface area (Å²) in [7, 11) is 0. The van der Waals surface area contributed by atoms with E-state index in [1.54, 1.807) is 6.07 Å². The lowest BCUT2D eigenvalue weighted by molar-refractivity contribution is 0.249. The van der Waals surface area contributed by atoms with Gasteiger partial charge in [-0.25, -0.2) is 0 Å². The topological polar surface area (TPSA) is 84.3 Å². The molecule has 6 heteroatoms.